The van der Waals surface area contributed by atoms with E-state index in [1.54, 1.807) is 12.4 Å². The highest BCUT2D eigenvalue weighted by atomic mass is 16.5. The second kappa shape index (κ2) is 16.7. The van der Waals surface area contributed by atoms with Gasteiger partial charge in [0.05, 0.1) is 56.9 Å². The fourth-order valence-electron chi connectivity index (χ4n) is 5.88. The summed E-state index contributed by atoms with van der Waals surface area (Å²) >= 11 is 0. The van der Waals surface area contributed by atoms with E-state index in [9.17, 15) is 0 Å². The van der Waals surface area contributed by atoms with Gasteiger partial charge in [0, 0.05) is 35.9 Å². The fraction of sp³-hybridized carbons (Fsp3) is 0.0870. The van der Waals surface area contributed by atoms with E-state index in [2.05, 4.69) is 30.2 Å². The standard InChI is InChI=1S/C46H36N8O2/c1-31-13-23-39(49-27-31)41-9-3-11-43(51-41)45-33(7-5-25-47-45)29-55-37-19-15-35(16-20-37)53-54-36-17-21-38(22-18-36)56-30-34-8-6-26-48-46(34)44-12-4-10-42(52-44)40-24-14-32(2)28-50-40/h3-28H,29-30H2,1-2H3. The summed E-state index contributed by atoms with van der Waals surface area (Å²) in [5.41, 5.74) is 11.7. The quantitative estimate of drug-likeness (QED) is 0.114. The molecule has 0 amide bonds. The van der Waals surface area contributed by atoms with Crippen LogP contribution >= 0.6 is 0 Å². The lowest BCUT2D eigenvalue weighted by Gasteiger charge is -2.11. The second-order valence-corrected chi connectivity index (χ2v) is 13.0. The molecule has 0 aliphatic carbocycles. The van der Waals surface area contributed by atoms with Crippen molar-refractivity contribution in [3.63, 3.8) is 0 Å². The Bertz CT molecular complexity index is 2410. The average Bonchev–Trinajstić information content (AvgIpc) is 3.26. The molecule has 56 heavy (non-hydrogen) atoms. The van der Waals surface area contributed by atoms with E-state index in [0.29, 0.717) is 36.1 Å². The van der Waals surface area contributed by atoms with Gasteiger partial charge in [0.2, 0.25) is 0 Å². The van der Waals surface area contributed by atoms with Gasteiger partial charge in [-0.15, -0.1) is 0 Å². The van der Waals surface area contributed by atoms with Crippen molar-refractivity contribution in [2.45, 2.75) is 27.1 Å². The Balaban J connectivity index is 0.869. The molecule has 0 saturated heterocycles. The Labute approximate surface area is 324 Å². The zero-order valence-electron chi connectivity index (χ0n) is 30.8. The van der Waals surface area contributed by atoms with Gasteiger partial charge in [-0.2, -0.15) is 10.2 Å². The van der Waals surface area contributed by atoms with Gasteiger partial charge in [-0.05, 0) is 122 Å². The maximum Gasteiger partial charge on any atom is 0.119 e. The summed E-state index contributed by atoms with van der Waals surface area (Å²) in [6, 6.07) is 42.5. The van der Waals surface area contributed by atoms with Crippen molar-refractivity contribution >= 4 is 11.4 Å². The molecular weight excluding hydrogens is 697 g/mol. The SMILES string of the molecule is Cc1ccc(-c2cccc(-c3ncccc3COc3ccc(N=Nc4ccc(OCc5cccnc5-c5cccc(-c6ccc(C)cn6)n5)cc4)cc3)n2)nc1. The van der Waals surface area contributed by atoms with Crippen LogP contribution in [0.4, 0.5) is 11.4 Å². The molecule has 0 saturated carbocycles. The first-order valence-electron chi connectivity index (χ1n) is 18.1. The zero-order valence-corrected chi connectivity index (χ0v) is 30.8. The molecule has 0 radical (unpaired) electrons. The fourth-order valence-corrected chi connectivity index (χ4v) is 5.88. The van der Waals surface area contributed by atoms with E-state index in [0.717, 1.165) is 67.8 Å². The number of ether oxygens (including phenoxy) is 2. The summed E-state index contributed by atoms with van der Waals surface area (Å²) in [6.07, 6.45) is 7.21. The molecule has 0 fully saturated rings. The monoisotopic (exact) mass is 732 g/mol. The van der Waals surface area contributed by atoms with Gasteiger partial charge in [-0.1, -0.05) is 36.4 Å². The number of hydrogen-bond donors (Lipinski definition) is 0. The van der Waals surface area contributed by atoms with Gasteiger partial charge < -0.3 is 9.47 Å². The molecule has 0 spiro atoms. The molecule has 6 aromatic heterocycles. The molecule has 272 valence electrons. The molecule has 6 heterocycles. The molecule has 10 heteroatoms. The van der Waals surface area contributed by atoms with Crippen LogP contribution in [-0.2, 0) is 13.2 Å². The predicted octanol–water partition coefficient (Wildman–Crippen LogP) is 10.9. The smallest absolute Gasteiger partial charge is 0.119 e. The summed E-state index contributed by atoms with van der Waals surface area (Å²) in [7, 11) is 0. The third kappa shape index (κ3) is 8.67. The maximum absolute atomic E-state index is 6.15. The summed E-state index contributed by atoms with van der Waals surface area (Å²) in [4.78, 5) is 28.0. The lowest BCUT2D eigenvalue weighted by molar-refractivity contribution is 0.306. The summed E-state index contributed by atoms with van der Waals surface area (Å²) in [6.45, 7) is 4.68. The van der Waals surface area contributed by atoms with E-state index in [1.807, 2.05) is 160 Å². The van der Waals surface area contributed by atoms with Crippen LogP contribution in [0.5, 0.6) is 11.5 Å². The van der Waals surface area contributed by atoms with Gasteiger partial charge in [0.15, 0.2) is 0 Å². The minimum atomic E-state index is 0.324. The van der Waals surface area contributed by atoms with E-state index < -0.39 is 0 Å². The number of rotatable bonds is 12. The molecule has 8 aromatic rings. The molecular formula is C46H36N8O2. The van der Waals surface area contributed by atoms with E-state index >= 15 is 0 Å². The van der Waals surface area contributed by atoms with Crippen LogP contribution in [0.2, 0.25) is 0 Å². The van der Waals surface area contributed by atoms with Gasteiger partial charge in [-0.3, -0.25) is 19.9 Å². The minimum Gasteiger partial charge on any atom is -0.489 e. The number of benzene rings is 2. The zero-order chi connectivity index (χ0) is 38.1. The van der Waals surface area contributed by atoms with Crippen molar-refractivity contribution in [3.8, 4) is 57.1 Å². The lowest BCUT2D eigenvalue weighted by Crippen LogP contribution is -2.01. The van der Waals surface area contributed by atoms with Crippen LogP contribution < -0.4 is 9.47 Å². The third-order valence-electron chi connectivity index (χ3n) is 8.86. The van der Waals surface area contributed by atoms with Crippen LogP contribution in [0.25, 0.3) is 45.6 Å². The molecule has 8 rings (SSSR count). The van der Waals surface area contributed by atoms with Crippen molar-refractivity contribution in [1.82, 2.24) is 29.9 Å². The number of hydrogen-bond acceptors (Lipinski definition) is 10. The van der Waals surface area contributed by atoms with Crippen LogP contribution in [-0.4, -0.2) is 29.9 Å². The van der Waals surface area contributed by atoms with Crippen LogP contribution in [0, 0.1) is 13.8 Å². The molecule has 0 aliphatic rings. The number of azo groups is 1. The highest BCUT2D eigenvalue weighted by Crippen LogP contribution is 2.28. The largest absolute Gasteiger partial charge is 0.489 e. The number of pyridine rings is 6. The van der Waals surface area contributed by atoms with Gasteiger partial charge in [-0.25, -0.2) is 9.97 Å². The highest BCUT2D eigenvalue weighted by Gasteiger charge is 2.13. The van der Waals surface area contributed by atoms with Crippen molar-refractivity contribution in [2.75, 3.05) is 0 Å². The second-order valence-electron chi connectivity index (χ2n) is 13.0. The first-order chi connectivity index (χ1) is 27.5. The van der Waals surface area contributed by atoms with Crippen LogP contribution in [0.3, 0.4) is 0 Å². The average molecular weight is 733 g/mol. The van der Waals surface area contributed by atoms with E-state index in [4.69, 9.17) is 19.4 Å². The van der Waals surface area contributed by atoms with Crippen LogP contribution in [0.1, 0.15) is 22.3 Å². The van der Waals surface area contributed by atoms with Crippen LogP contribution in [0.15, 0.2) is 168 Å². The number of aryl methyl sites for hydroxylation is 2. The molecule has 0 N–H and O–H groups in total. The predicted molar refractivity (Wildman–Crippen MR) is 217 cm³/mol. The minimum absolute atomic E-state index is 0.324. The first kappa shape index (κ1) is 35.6. The maximum atomic E-state index is 6.15. The summed E-state index contributed by atoms with van der Waals surface area (Å²) in [5.74, 6) is 1.41. The Morgan fingerprint density at radius 2 is 0.839 bits per heavy atom. The molecule has 10 nitrogen and oxygen atoms in total. The Kier molecular flexibility index (Phi) is 10.6. The van der Waals surface area contributed by atoms with Crippen molar-refractivity contribution < 1.29 is 9.47 Å². The van der Waals surface area contributed by atoms with Crippen molar-refractivity contribution in [1.29, 1.82) is 0 Å². The summed E-state index contributed by atoms with van der Waals surface area (Å²) in [5, 5.41) is 8.83. The normalized spacial score (nSPS) is 11.1. The van der Waals surface area contributed by atoms with Gasteiger partial charge in [0.25, 0.3) is 0 Å². The lowest BCUT2D eigenvalue weighted by atomic mass is 10.1. The van der Waals surface area contributed by atoms with E-state index in [1.165, 1.54) is 0 Å². The molecule has 0 unspecified atom stereocenters. The highest BCUT2D eigenvalue weighted by molar-refractivity contribution is 5.65. The molecule has 0 bridgehead atoms. The molecule has 0 aliphatic heterocycles. The Hall–Kier alpha value is -7.46. The van der Waals surface area contributed by atoms with Gasteiger partial charge in [0.1, 0.15) is 24.7 Å². The van der Waals surface area contributed by atoms with Crippen molar-refractivity contribution in [3.05, 3.63) is 181 Å². The first-order valence-corrected chi connectivity index (χ1v) is 18.1. The Morgan fingerprint density at radius 3 is 1.25 bits per heavy atom. The summed E-state index contributed by atoms with van der Waals surface area (Å²) < 4.78 is 12.3. The third-order valence-corrected chi connectivity index (χ3v) is 8.86. The molecule has 0 atom stereocenters. The molecule has 2 aromatic carbocycles. The Morgan fingerprint density at radius 1 is 0.411 bits per heavy atom. The van der Waals surface area contributed by atoms with Gasteiger partial charge >= 0.3 is 0 Å². The van der Waals surface area contributed by atoms with Crippen molar-refractivity contribution in [2.24, 2.45) is 10.2 Å². The topological polar surface area (TPSA) is 121 Å². The number of aromatic nitrogens is 6. The van der Waals surface area contributed by atoms with E-state index in [-0.39, 0.29) is 0 Å². The number of nitrogens with zero attached hydrogens (tertiary/aromatic N) is 8.